The molecule has 2 aliphatic rings. The van der Waals surface area contributed by atoms with Crippen LogP contribution in [0.15, 0.2) is 0 Å². The molecule has 0 unspecified atom stereocenters. The van der Waals surface area contributed by atoms with Gasteiger partial charge in [-0.25, -0.2) is 4.98 Å². The minimum atomic E-state index is 0.208. The van der Waals surface area contributed by atoms with E-state index in [1.807, 2.05) is 0 Å². The van der Waals surface area contributed by atoms with E-state index in [0.717, 1.165) is 19.5 Å². The highest BCUT2D eigenvalue weighted by atomic mass is 15.2. The summed E-state index contributed by atoms with van der Waals surface area (Å²) in [5, 5.41) is 3.49. The summed E-state index contributed by atoms with van der Waals surface area (Å²) < 4.78 is 2.66. The first kappa shape index (κ1) is 15.1. The van der Waals surface area contributed by atoms with E-state index in [4.69, 9.17) is 4.98 Å². The van der Waals surface area contributed by atoms with Gasteiger partial charge in [-0.2, -0.15) is 0 Å². The fourth-order valence-corrected chi connectivity index (χ4v) is 4.37. The predicted molar refractivity (Wildman–Crippen MR) is 87.7 cm³/mol. The number of nitrogens with one attached hydrogen (secondary N) is 1. The molecule has 0 spiro atoms. The lowest BCUT2D eigenvalue weighted by molar-refractivity contribution is 0.288. The van der Waals surface area contributed by atoms with Crippen molar-refractivity contribution in [3.05, 3.63) is 17.2 Å². The lowest BCUT2D eigenvalue weighted by Gasteiger charge is -2.34. The Morgan fingerprint density at radius 3 is 2.71 bits per heavy atom. The fourth-order valence-electron chi connectivity index (χ4n) is 4.37. The number of imidazole rings is 1. The van der Waals surface area contributed by atoms with Crippen molar-refractivity contribution in [2.24, 2.45) is 0 Å². The number of hydrogen-bond donors (Lipinski definition) is 1. The third-order valence-corrected chi connectivity index (χ3v) is 5.35. The lowest BCUT2D eigenvalue weighted by atomic mass is 9.87. The zero-order valence-corrected chi connectivity index (χ0v) is 14.0. The highest BCUT2D eigenvalue weighted by Crippen LogP contribution is 2.37. The Balaban J connectivity index is 2.03. The van der Waals surface area contributed by atoms with Gasteiger partial charge in [0.1, 0.15) is 5.82 Å². The second kappa shape index (κ2) is 6.12. The van der Waals surface area contributed by atoms with Crippen LogP contribution in [0, 0.1) is 0 Å². The van der Waals surface area contributed by atoms with Gasteiger partial charge in [-0.15, -0.1) is 0 Å². The van der Waals surface area contributed by atoms with Gasteiger partial charge in [-0.1, -0.05) is 32.6 Å². The summed E-state index contributed by atoms with van der Waals surface area (Å²) in [6.07, 6.45) is 10.5. The van der Waals surface area contributed by atoms with E-state index in [0.29, 0.717) is 5.92 Å². The zero-order valence-electron chi connectivity index (χ0n) is 14.0. The highest BCUT2D eigenvalue weighted by Gasteiger charge is 2.32. The maximum Gasteiger partial charge on any atom is 0.112 e. The third-order valence-electron chi connectivity index (χ3n) is 5.35. The van der Waals surface area contributed by atoms with Gasteiger partial charge in [-0.05, 0) is 33.1 Å². The van der Waals surface area contributed by atoms with Crippen molar-refractivity contribution in [1.82, 2.24) is 14.9 Å². The van der Waals surface area contributed by atoms with Crippen LogP contribution in [0.5, 0.6) is 0 Å². The Labute approximate surface area is 129 Å². The zero-order chi connectivity index (χ0) is 14.9. The van der Waals surface area contributed by atoms with E-state index in [1.54, 1.807) is 0 Å². The van der Waals surface area contributed by atoms with Gasteiger partial charge in [0.2, 0.25) is 0 Å². The lowest BCUT2D eigenvalue weighted by Crippen LogP contribution is -2.33. The molecule has 0 amide bonds. The summed E-state index contributed by atoms with van der Waals surface area (Å²) in [6, 6.07) is 0. The molecule has 21 heavy (non-hydrogen) atoms. The standard InChI is InChI=1S/C18H31N3/c1-4-11-18(2,3)21-16-10-12-19-13-15(16)20-17(21)14-8-6-5-7-9-14/h14,19H,4-13H2,1-3H3. The minimum Gasteiger partial charge on any atom is -0.326 e. The van der Waals surface area contributed by atoms with Crippen LogP contribution in [0.2, 0.25) is 0 Å². The monoisotopic (exact) mass is 289 g/mol. The molecule has 0 radical (unpaired) electrons. The molecule has 0 atom stereocenters. The Kier molecular flexibility index (Phi) is 4.39. The van der Waals surface area contributed by atoms with E-state index < -0.39 is 0 Å². The van der Waals surface area contributed by atoms with E-state index in [9.17, 15) is 0 Å². The van der Waals surface area contributed by atoms with Crippen LogP contribution in [-0.2, 0) is 18.5 Å². The second-order valence-electron chi connectivity index (χ2n) is 7.52. The van der Waals surface area contributed by atoms with Crippen molar-refractivity contribution in [2.75, 3.05) is 6.54 Å². The Morgan fingerprint density at radius 1 is 1.24 bits per heavy atom. The molecule has 3 rings (SSSR count). The van der Waals surface area contributed by atoms with Crippen molar-refractivity contribution in [3.63, 3.8) is 0 Å². The number of hydrogen-bond acceptors (Lipinski definition) is 2. The number of nitrogens with zero attached hydrogens (tertiary/aromatic N) is 2. The molecule has 1 aliphatic heterocycles. The predicted octanol–water partition coefficient (Wildman–Crippen LogP) is 4.11. The van der Waals surface area contributed by atoms with Gasteiger partial charge >= 0.3 is 0 Å². The molecule has 3 nitrogen and oxygen atoms in total. The fraction of sp³-hybridized carbons (Fsp3) is 0.833. The van der Waals surface area contributed by atoms with Crippen LogP contribution >= 0.6 is 0 Å². The van der Waals surface area contributed by atoms with Gasteiger partial charge < -0.3 is 9.88 Å². The van der Waals surface area contributed by atoms with Crippen LogP contribution in [0.3, 0.4) is 0 Å². The molecule has 118 valence electrons. The summed E-state index contributed by atoms with van der Waals surface area (Å²) in [5.74, 6) is 2.10. The molecule has 1 fully saturated rings. The van der Waals surface area contributed by atoms with Crippen molar-refractivity contribution >= 4 is 0 Å². The van der Waals surface area contributed by atoms with Crippen LogP contribution in [0.25, 0.3) is 0 Å². The Morgan fingerprint density at radius 2 is 2.00 bits per heavy atom. The number of fused-ring (bicyclic) bond motifs is 1. The van der Waals surface area contributed by atoms with Crippen molar-refractivity contribution in [2.45, 2.75) is 90.1 Å². The molecule has 1 N–H and O–H groups in total. The molecular formula is C18H31N3. The molecule has 1 aromatic heterocycles. The summed E-state index contributed by atoms with van der Waals surface area (Å²) in [6.45, 7) is 9.18. The van der Waals surface area contributed by atoms with Gasteiger partial charge in [-0.3, -0.25) is 0 Å². The average Bonchev–Trinajstić information content (AvgIpc) is 2.88. The van der Waals surface area contributed by atoms with E-state index in [2.05, 4.69) is 30.7 Å². The summed E-state index contributed by atoms with van der Waals surface area (Å²) in [5.41, 5.74) is 3.05. The van der Waals surface area contributed by atoms with Crippen molar-refractivity contribution < 1.29 is 0 Å². The highest BCUT2D eigenvalue weighted by molar-refractivity contribution is 5.24. The van der Waals surface area contributed by atoms with Gasteiger partial charge in [0, 0.05) is 36.7 Å². The maximum absolute atomic E-state index is 5.12. The van der Waals surface area contributed by atoms with E-state index in [1.165, 1.54) is 62.2 Å². The quantitative estimate of drug-likeness (QED) is 0.904. The first-order valence-corrected chi connectivity index (χ1v) is 8.95. The summed E-state index contributed by atoms with van der Waals surface area (Å²) >= 11 is 0. The van der Waals surface area contributed by atoms with Crippen LogP contribution in [0.4, 0.5) is 0 Å². The molecule has 1 saturated carbocycles. The molecule has 0 bridgehead atoms. The Bertz CT molecular complexity index is 481. The first-order chi connectivity index (χ1) is 10.1. The molecule has 2 heterocycles. The normalized spacial score (nSPS) is 20.5. The Hall–Kier alpha value is -0.830. The average molecular weight is 289 g/mol. The van der Waals surface area contributed by atoms with Gasteiger partial charge in [0.15, 0.2) is 0 Å². The summed E-state index contributed by atoms with van der Waals surface area (Å²) in [7, 11) is 0. The topological polar surface area (TPSA) is 29.9 Å². The largest absolute Gasteiger partial charge is 0.326 e. The van der Waals surface area contributed by atoms with Gasteiger partial charge in [0.05, 0.1) is 5.69 Å². The molecule has 0 saturated heterocycles. The number of rotatable bonds is 4. The smallest absolute Gasteiger partial charge is 0.112 e. The molecule has 1 aliphatic carbocycles. The van der Waals surface area contributed by atoms with E-state index >= 15 is 0 Å². The molecule has 3 heteroatoms. The van der Waals surface area contributed by atoms with E-state index in [-0.39, 0.29) is 5.54 Å². The molecule has 1 aromatic rings. The van der Waals surface area contributed by atoms with Crippen LogP contribution < -0.4 is 5.32 Å². The summed E-state index contributed by atoms with van der Waals surface area (Å²) in [4.78, 5) is 5.12. The minimum absolute atomic E-state index is 0.208. The number of aromatic nitrogens is 2. The molecular weight excluding hydrogens is 258 g/mol. The second-order valence-corrected chi connectivity index (χ2v) is 7.52. The van der Waals surface area contributed by atoms with Crippen LogP contribution in [0.1, 0.15) is 88.8 Å². The van der Waals surface area contributed by atoms with Gasteiger partial charge in [0.25, 0.3) is 0 Å². The van der Waals surface area contributed by atoms with Crippen LogP contribution in [-0.4, -0.2) is 16.1 Å². The third kappa shape index (κ3) is 2.90. The van der Waals surface area contributed by atoms with Crippen molar-refractivity contribution in [1.29, 1.82) is 0 Å². The van der Waals surface area contributed by atoms with Crippen molar-refractivity contribution in [3.8, 4) is 0 Å². The SMILES string of the molecule is CCCC(C)(C)n1c(C2CCCCC2)nc2c1CCNC2. The first-order valence-electron chi connectivity index (χ1n) is 8.95. The maximum atomic E-state index is 5.12. The molecule has 0 aromatic carbocycles.